The molecular weight excluding hydrogens is 343 g/mol. The minimum atomic E-state index is -0.483. The summed E-state index contributed by atoms with van der Waals surface area (Å²) in [6.45, 7) is 3.26. The fraction of sp³-hybridized carbons (Fsp3) is 0.389. The van der Waals surface area contributed by atoms with Crippen LogP contribution in [0.15, 0.2) is 24.3 Å². The van der Waals surface area contributed by atoms with Crippen molar-refractivity contribution in [3.63, 3.8) is 0 Å². The van der Waals surface area contributed by atoms with Gasteiger partial charge in [-0.05, 0) is 38.0 Å². The number of anilines is 2. The summed E-state index contributed by atoms with van der Waals surface area (Å²) < 4.78 is 13.3. The predicted molar refractivity (Wildman–Crippen MR) is 95.8 cm³/mol. The molecule has 1 aliphatic heterocycles. The second kappa shape index (κ2) is 7.78. The number of nitrogens with zero attached hydrogens (tertiary/aromatic N) is 3. The number of aromatic nitrogens is 2. The molecular formula is C18H20ClFN4O. The summed E-state index contributed by atoms with van der Waals surface area (Å²) in [5, 5.41) is 3.08. The number of rotatable bonds is 3. The molecule has 1 amide bonds. The van der Waals surface area contributed by atoms with Crippen LogP contribution < -0.4 is 5.32 Å². The van der Waals surface area contributed by atoms with Crippen molar-refractivity contribution in [2.75, 3.05) is 18.4 Å². The molecule has 0 radical (unpaired) electrons. The molecule has 1 aromatic carbocycles. The summed E-state index contributed by atoms with van der Waals surface area (Å²) in [6, 6.07) is 5.94. The van der Waals surface area contributed by atoms with Gasteiger partial charge in [-0.3, -0.25) is 4.79 Å². The highest BCUT2D eigenvalue weighted by Crippen LogP contribution is 2.22. The predicted octanol–water partition coefficient (Wildman–Crippen LogP) is 4.34. The van der Waals surface area contributed by atoms with Gasteiger partial charge < -0.3 is 10.2 Å². The van der Waals surface area contributed by atoms with E-state index >= 15 is 0 Å². The van der Waals surface area contributed by atoms with Crippen molar-refractivity contribution < 1.29 is 9.18 Å². The maximum absolute atomic E-state index is 13.3. The Labute approximate surface area is 151 Å². The van der Waals surface area contributed by atoms with E-state index in [4.69, 9.17) is 11.6 Å². The number of benzene rings is 1. The van der Waals surface area contributed by atoms with E-state index in [1.165, 1.54) is 12.1 Å². The molecule has 3 rings (SSSR count). The highest BCUT2D eigenvalue weighted by atomic mass is 35.5. The van der Waals surface area contributed by atoms with Crippen molar-refractivity contribution in [1.29, 1.82) is 0 Å². The lowest BCUT2D eigenvalue weighted by Gasteiger charge is -2.20. The SMILES string of the molecule is Cc1nc(Nc2ccc(F)c(Cl)c2)cc(C(=O)N2CCCCCC2)n1. The molecule has 2 aromatic rings. The number of halogens is 2. The zero-order valence-corrected chi connectivity index (χ0v) is 14.8. The number of hydrogen-bond donors (Lipinski definition) is 1. The van der Waals surface area contributed by atoms with Crippen LogP contribution in [0.2, 0.25) is 5.02 Å². The Kier molecular flexibility index (Phi) is 5.48. The molecule has 0 bridgehead atoms. The van der Waals surface area contributed by atoms with Crippen LogP contribution >= 0.6 is 11.6 Å². The highest BCUT2D eigenvalue weighted by molar-refractivity contribution is 6.31. The number of hydrogen-bond acceptors (Lipinski definition) is 4. The van der Waals surface area contributed by atoms with E-state index in [0.29, 0.717) is 23.0 Å². The molecule has 5 nitrogen and oxygen atoms in total. The smallest absolute Gasteiger partial charge is 0.272 e. The van der Waals surface area contributed by atoms with Crippen LogP contribution in [0.25, 0.3) is 0 Å². The highest BCUT2D eigenvalue weighted by Gasteiger charge is 2.19. The van der Waals surface area contributed by atoms with Crippen LogP contribution in [0.5, 0.6) is 0 Å². The molecule has 1 aliphatic rings. The molecule has 0 saturated carbocycles. The minimum Gasteiger partial charge on any atom is -0.340 e. The van der Waals surface area contributed by atoms with Gasteiger partial charge in [0.05, 0.1) is 5.02 Å². The van der Waals surface area contributed by atoms with Crippen LogP contribution in [0.4, 0.5) is 15.9 Å². The van der Waals surface area contributed by atoms with E-state index < -0.39 is 5.82 Å². The Morgan fingerprint density at radius 1 is 1.16 bits per heavy atom. The average Bonchev–Trinajstić information content (AvgIpc) is 2.86. The van der Waals surface area contributed by atoms with Crippen LogP contribution in [-0.2, 0) is 0 Å². The van der Waals surface area contributed by atoms with Crippen molar-refractivity contribution in [2.24, 2.45) is 0 Å². The van der Waals surface area contributed by atoms with E-state index in [2.05, 4.69) is 15.3 Å². The van der Waals surface area contributed by atoms with E-state index in [1.807, 2.05) is 4.90 Å². The molecule has 132 valence electrons. The number of carbonyl (C=O) groups excluding carboxylic acids is 1. The van der Waals surface area contributed by atoms with Crippen molar-refractivity contribution >= 4 is 29.0 Å². The average molecular weight is 363 g/mol. The first-order chi connectivity index (χ1) is 12.0. The van der Waals surface area contributed by atoms with Crippen molar-refractivity contribution in [2.45, 2.75) is 32.6 Å². The van der Waals surface area contributed by atoms with Crippen molar-refractivity contribution in [1.82, 2.24) is 14.9 Å². The standard InChI is InChI=1S/C18H20ClFN4O/c1-12-21-16(18(25)24-8-4-2-3-5-9-24)11-17(22-12)23-13-6-7-15(20)14(19)10-13/h6-7,10-11H,2-5,8-9H2,1H3,(H,21,22,23). The third kappa shape index (κ3) is 4.45. The number of amides is 1. The first-order valence-electron chi connectivity index (χ1n) is 8.40. The van der Waals surface area contributed by atoms with Crippen molar-refractivity contribution in [3.05, 3.63) is 46.6 Å². The van der Waals surface area contributed by atoms with E-state index in [1.54, 1.807) is 19.1 Å². The van der Waals surface area contributed by atoms with Gasteiger partial charge >= 0.3 is 0 Å². The van der Waals surface area contributed by atoms with Gasteiger partial charge in [0, 0.05) is 24.8 Å². The van der Waals surface area contributed by atoms with E-state index in [0.717, 1.165) is 38.8 Å². The van der Waals surface area contributed by atoms with Gasteiger partial charge in [0.15, 0.2) is 0 Å². The largest absolute Gasteiger partial charge is 0.340 e. The van der Waals surface area contributed by atoms with Gasteiger partial charge in [-0.15, -0.1) is 0 Å². The summed E-state index contributed by atoms with van der Waals surface area (Å²) in [5.74, 6) is 0.417. The zero-order valence-electron chi connectivity index (χ0n) is 14.1. The molecule has 0 spiro atoms. The quantitative estimate of drug-likeness (QED) is 0.882. The van der Waals surface area contributed by atoms with Crippen LogP contribution in [0, 0.1) is 12.7 Å². The monoisotopic (exact) mass is 362 g/mol. The van der Waals surface area contributed by atoms with Gasteiger partial charge in [-0.2, -0.15) is 0 Å². The summed E-state index contributed by atoms with van der Waals surface area (Å²) in [7, 11) is 0. The second-order valence-corrected chi connectivity index (χ2v) is 6.55. The first-order valence-corrected chi connectivity index (χ1v) is 8.78. The summed E-state index contributed by atoms with van der Waals surface area (Å²) in [6.07, 6.45) is 4.36. The van der Waals surface area contributed by atoms with Crippen molar-refractivity contribution in [3.8, 4) is 0 Å². The van der Waals surface area contributed by atoms with Crippen LogP contribution in [0.3, 0.4) is 0 Å². The molecule has 0 atom stereocenters. The van der Waals surface area contributed by atoms with Gasteiger partial charge in [-0.25, -0.2) is 14.4 Å². The molecule has 0 unspecified atom stereocenters. The molecule has 7 heteroatoms. The topological polar surface area (TPSA) is 58.1 Å². The number of nitrogens with one attached hydrogen (secondary N) is 1. The van der Waals surface area contributed by atoms with E-state index in [-0.39, 0.29) is 10.9 Å². The lowest BCUT2D eigenvalue weighted by atomic mass is 10.2. The number of carbonyl (C=O) groups is 1. The lowest BCUT2D eigenvalue weighted by molar-refractivity contribution is 0.0755. The van der Waals surface area contributed by atoms with Gasteiger partial charge in [0.25, 0.3) is 5.91 Å². The Hall–Kier alpha value is -2.21. The van der Waals surface area contributed by atoms with Crippen LogP contribution in [-0.4, -0.2) is 33.9 Å². The molecule has 1 saturated heterocycles. The minimum absolute atomic E-state index is 0.0247. The second-order valence-electron chi connectivity index (χ2n) is 6.15. The first kappa shape index (κ1) is 17.6. The maximum atomic E-state index is 13.3. The molecule has 25 heavy (non-hydrogen) atoms. The number of likely N-dealkylation sites (tertiary alicyclic amines) is 1. The fourth-order valence-electron chi connectivity index (χ4n) is 2.90. The normalized spacial score (nSPS) is 14.9. The van der Waals surface area contributed by atoms with Crippen LogP contribution in [0.1, 0.15) is 42.0 Å². The summed E-state index contributed by atoms with van der Waals surface area (Å²) in [4.78, 5) is 23.2. The van der Waals surface area contributed by atoms with Gasteiger partial charge in [-0.1, -0.05) is 24.4 Å². The maximum Gasteiger partial charge on any atom is 0.272 e. The molecule has 1 aromatic heterocycles. The third-order valence-electron chi connectivity index (χ3n) is 4.14. The Morgan fingerprint density at radius 3 is 2.56 bits per heavy atom. The number of aryl methyl sites for hydroxylation is 1. The Bertz CT molecular complexity index is 776. The lowest BCUT2D eigenvalue weighted by Crippen LogP contribution is -2.32. The fourth-order valence-corrected chi connectivity index (χ4v) is 3.08. The molecule has 2 heterocycles. The third-order valence-corrected chi connectivity index (χ3v) is 4.43. The summed E-state index contributed by atoms with van der Waals surface area (Å²) >= 11 is 5.80. The van der Waals surface area contributed by atoms with Gasteiger partial charge in [0.2, 0.25) is 0 Å². The van der Waals surface area contributed by atoms with E-state index in [9.17, 15) is 9.18 Å². The molecule has 1 fully saturated rings. The zero-order chi connectivity index (χ0) is 17.8. The Morgan fingerprint density at radius 2 is 1.88 bits per heavy atom. The molecule has 0 aliphatic carbocycles. The summed E-state index contributed by atoms with van der Waals surface area (Å²) in [5.41, 5.74) is 0.961. The molecule has 1 N–H and O–H groups in total. The van der Waals surface area contributed by atoms with Gasteiger partial charge in [0.1, 0.15) is 23.2 Å². The Balaban J connectivity index is 1.82.